The summed E-state index contributed by atoms with van der Waals surface area (Å²) in [6.07, 6.45) is 1.58. The number of benzene rings is 1. The molecule has 0 unspecified atom stereocenters. The molecule has 0 radical (unpaired) electrons. The van der Waals surface area contributed by atoms with Crippen molar-refractivity contribution in [3.05, 3.63) is 29.8 Å². The lowest BCUT2D eigenvalue weighted by molar-refractivity contribution is -0.132. The highest BCUT2D eigenvalue weighted by Gasteiger charge is 2.29. The van der Waals surface area contributed by atoms with E-state index in [0.29, 0.717) is 17.4 Å². The zero-order valence-corrected chi connectivity index (χ0v) is 10.8. The van der Waals surface area contributed by atoms with Gasteiger partial charge in [0.15, 0.2) is 6.61 Å². The van der Waals surface area contributed by atoms with Gasteiger partial charge in [-0.25, -0.2) is 0 Å². The van der Waals surface area contributed by atoms with Gasteiger partial charge in [0.05, 0.1) is 6.10 Å². The van der Waals surface area contributed by atoms with Crippen LogP contribution in [0.3, 0.4) is 0 Å². The number of aliphatic hydroxyl groups excluding tert-OH is 1. The van der Waals surface area contributed by atoms with Crippen LogP contribution in [0.5, 0.6) is 5.75 Å². The third-order valence-corrected chi connectivity index (χ3v) is 3.21. The summed E-state index contributed by atoms with van der Waals surface area (Å²) in [6.45, 7) is 1.71. The predicted octanol–water partition coefficient (Wildman–Crippen LogP) is 1.74. The summed E-state index contributed by atoms with van der Waals surface area (Å²) in [6, 6.07) is 7.64. The van der Waals surface area contributed by atoms with Crippen molar-refractivity contribution in [3.8, 4) is 5.75 Å². The molecule has 0 saturated heterocycles. The molecule has 1 aliphatic rings. The van der Waals surface area contributed by atoms with Crippen LogP contribution in [0.1, 0.15) is 31.4 Å². The summed E-state index contributed by atoms with van der Waals surface area (Å²) in [5.41, 5.74) is 0.708. The van der Waals surface area contributed by atoms with E-state index < -0.39 is 6.10 Å². The highest BCUT2D eigenvalue weighted by Crippen LogP contribution is 2.26. The molecule has 1 aromatic rings. The second kappa shape index (κ2) is 5.40. The third-order valence-electron chi connectivity index (χ3n) is 3.21. The lowest BCUT2D eigenvalue weighted by atomic mass is 10.1. The fourth-order valence-corrected chi connectivity index (χ4v) is 1.86. The van der Waals surface area contributed by atoms with Gasteiger partial charge in [-0.2, -0.15) is 0 Å². The van der Waals surface area contributed by atoms with E-state index in [4.69, 9.17) is 4.74 Å². The van der Waals surface area contributed by atoms with E-state index in [1.54, 1.807) is 24.0 Å². The van der Waals surface area contributed by atoms with Gasteiger partial charge in [-0.05, 0) is 25.8 Å². The molecule has 0 aliphatic heterocycles. The summed E-state index contributed by atoms with van der Waals surface area (Å²) in [5.74, 6) is 0.558. The van der Waals surface area contributed by atoms with Gasteiger partial charge in [-0.3, -0.25) is 4.79 Å². The Morgan fingerprint density at radius 2 is 2.17 bits per heavy atom. The van der Waals surface area contributed by atoms with Crippen LogP contribution in [-0.4, -0.2) is 35.6 Å². The lowest BCUT2D eigenvalue weighted by Crippen LogP contribution is -2.33. The largest absolute Gasteiger partial charge is 0.483 e. The van der Waals surface area contributed by atoms with Crippen molar-refractivity contribution in [2.45, 2.75) is 31.9 Å². The quantitative estimate of drug-likeness (QED) is 0.864. The molecular weight excluding hydrogens is 230 g/mol. The second-order valence-electron chi connectivity index (χ2n) is 4.74. The van der Waals surface area contributed by atoms with Gasteiger partial charge in [0, 0.05) is 18.7 Å². The monoisotopic (exact) mass is 249 g/mol. The van der Waals surface area contributed by atoms with Crippen LogP contribution in [0, 0.1) is 0 Å². The molecule has 0 spiro atoms. The van der Waals surface area contributed by atoms with E-state index in [0.717, 1.165) is 12.8 Å². The molecule has 4 heteroatoms. The Balaban J connectivity index is 1.95. The number of amides is 1. The zero-order valence-electron chi connectivity index (χ0n) is 10.8. The molecule has 98 valence electrons. The van der Waals surface area contributed by atoms with Crippen molar-refractivity contribution in [1.82, 2.24) is 4.90 Å². The highest BCUT2D eigenvalue weighted by molar-refractivity contribution is 5.78. The Hall–Kier alpha value is -1.55. The number of carbonyl (C=O) groups excluding carboxylic acids is 1. The standard InChI is InChI=1S/C14H19NO3/c1-10(16)12-5-3-4-6-13(12)18-9-14(17)15(2)11-7-8-11/h3-6,10-11,16H,7-9H2,1-2H3/t10-/m1/s1. The number of ether oxygens (including phenoxy) is 1. The maximum atomic E-state index is 11.8. The molecule has 1 aliphatic carbocycles. The van der Waals surface area contributed by atoms with Gasteiger partial charge < -0.3 is 14.7 Å². The molecule has 2 rings (SSSR count). The molecular formula is C14H19NO3. The minimum Gasteiger partial charge on any atom is -0.483 e. The van der Waals surface area contributed by atoms with Crippen molar-refractivity contribution in [3.63, 3.8) is 0 Å². The van der Waals surface area contributed by atoms with Gasteiger partial charge >= 0.3 is 0 Å². The predicted molar refractivity (Wildman–Crippen MR) is 68.4 cm³/mol. The summed E-state index contributed by atoms with van der Waals surface area (Å²) in [5, 5.41) is 9.60. The van der Waals surface area contributed by atoms with E-state index in [1.807, 2.05) is 19.2 Å². The van der Waals surface area contributed by atoms with Crippen LogP contribution in [0.2, 0.25) is 0 Å². The molecule has 18 heavy (non-hydrogen) atoms. The summed E-state index contributed by atoms with van der Waals surface area (Å²) < 4.78 is 5.51. The third kappa shape index (κ3) is 3.01. The first-order valence-corrected chi connectivity index (χ1v) is 6.25. The first kappa shape index (κ1) is 12.9. The number of rotatable bonds is 5. The molecule has 1 aromatic carbocycles. The van der Waals surface area contributed by atoms with Crippen LogP contribution >= 0.6 is 0 Å². The summed E-state index contributed by atoms with van der Waals surface area (Å²) in [7, 11) is 1.81. The summed E-state index contributed by atoms with van der Waals surface area (Å²) in [4.78, 5) is 13.6. The van der Waals surface area contributed by atoms with Crippen molar-refractivity contribution >= 4 is 5.91 Å². The van der Waals surface area contributed by atoms with Crippen molar-refractivity contribution < 1.29 is 14.6 Å². The topological polar surface area (TPSA) is 49.8 Å². The van der Waals surface area contributed by atoms with Crippen molar-refractivity contribution in [2.75, 3.05) is 13.7 Å². The maximum Gasteiger partial charge on any atom is 0.260 e. The van der Waals surface area contributed by atoms with E-state index in [2.05, 4.69) is 0 Å². The highest BCUT2D eigenvalue weighted by atomic mass is 16.5. The molecule has 1 saturated carbocycles. The Bertz CT molecular complexity index is 427. The van der Waals surface area contributed by atoms with Crippen molar-refractivity contribution in [1.29, 1.82) is 0 Å². The Morgan fingerprint density at radius 3 is 2.78 bits per heavy atom. The fourth-order valence-electron chi connectivity index (χ4n) is 1.86. The van der Waals surface area contributed by atoms with E-state index >= 15 is 0 Å². The van der Waals surface area contributed by atoms with Crippen LogP contribution in [-0.2, 0) is 4.79 Å². The Kier molecular flexibility index (Phi) is 3.87. The normalized spacial score (nSPS) is 16.2. The van der Waals surface area contributed by atoms with E-state index in [1.165, 1.54) is 0 Å². The zero-order chi connectivity index (χ0) is 13.1. The van der Waals surface area contributed by atoms with Gasteiger partial charge in [0.2, 0.25) is 0 Å². The Morgan fingerprint density at radius 1 is 1.50 bits per heavy atom. The fraction of sp³-hybridized carbons (Fsp3) is 0.500. The number of aliphatic hydroxyl groups is 1. The van der Waals surface area contributed by atoms with Gasteiger partial charge in [-0.1, -0.05) is 18.2 Å². The minimum absolute atomic E-state index is 0.0158. The SMILES string of the molecule is C[C@@H](O)c1ccccc1OCC(=O)N(C)C1CC1. The van der Waals surface area contributed by atoms with Crippen LogP contribution < -0.4 is 4.74 Å². The second-order valence-corrected chi connectivity index (χ2v) is 4.74. The number of para-hydroxylation sites is 1. The summed E-state index contributed by atoms with van der Waals surface area (Å²) >= 11 is 0. The molecule has 1 amide bonds. The van der Waals surface area contributed by atoms with Crippen LogP contribution in [0.15, 0.2) is 24.3 Å². The molecule has 4 nitrogen and oxygen atoms in total. The molecule has 1 N–H and O–H groups in total. The minimum atomic E-state index is -0.600. The van der Waals surface area contributed by atoms with E-state index in [9.17, 15) is 9.90 Å². The average molecular weight is 249 g/mol. The maximum absolute atomic E-state index is 11.8. The number of likely N-dealkylation sites (N-methyl/N-ethyl adjacent to an activating group) is 1. The molecule has 1 atom stereocenters. The first-order chi connectivity index (χ1) is 8.59. The van der Waals surface area contributed by atoms with E-state index in [-0.39, 0.29) is 12.5 Å². The average Bonchev–Trinajstić information content (AvgIpc) is 3.19. The molecule has 0 heterocycles. The number of carbonyl (C=O) groups is 1. The number of hydrogen-bond acceptors (Lipinski definition) is 3. The number of hydrogen-bond donors (Lipinski definition) is 1. The van der Waals surface area contributed by atoms with Gasteiger partial charge in [0.1, 0.15) is 5.75 Å². The molecule has 0 bridgehead atoms. The Labute approximate surface area is 107 Å². The lowest BCUT2D eigenvalue weighted by Gasteiger charge is -2.18. The molecule has 0 aromatic heterocycles. The van der Waals surface area contributed by atoms with Gasteiger partial charge in [-0.15, -0.1) is 0 Å². The number of nitrogens with zero attached hydrogens (tertiary/aromatic N) is 1. The first-order valence-electron chi connectivity index (χ1n) is 6.25. The van der Waals surface area contributed by atoms with Crippen LogP contribution in [0.4, 0.5) is 0 Å². The van der Waals surface area contributed by atoms with Gasteiger partial charge in [0.25, 0.3) is 5.91 Å². The van der Waals surface area contributed by atoms with Crippen molar-refractivity contribution in [2.24, 2.45) is 0 Å². The van der Waals surface area contributed by atoms with Crippen LogP contribution in [0.25, 0.3) is 0 Å². The smallest absolute Gasteiger partial charge is 0.260 e. The molecule has 1 fully saturated rings.